The molecule has 0 N–H and O–H groups in total. The molecule has 0 aliphatic carbocycles. The first-order chi connectivity index (χ1) is 12.3. The molecule has 0 fully saturated rings. The maximum absolute atomic E-state index is 12.9. The Morgan fingerprint density at radius 2 is 1.73 bits per heavy atom. The predicted octanol–water partition coefficient (Wildman–Crippen LogP) is 5.30. The average Bonchev–Trinajstić information content (AvgIpc) is 3.07. The number of ether oxygens (including phenoxy) is 1. The second-order valence-corrected chi connectivity index (χ2v) is 7.86. The van der Waals surface area contributed by atoms with Crippen molar-refractivity contribution in [3.8, 4) is 21.6 Å². The number of hydrogen-bond donors (Lipinski definition) is 0. The van der Waals surface area contributed by atoms with Crippen LogP contribution in [0.5, 0.6) is 0 Å². The van der Waals surface area contributed by atoms with Crippen molar-refractivity contribution >= 4 is 17.3 Å². The number of aryl methyl sites for hydroxylation is 1. The maximum Gasteiger partial charge on any atom is 0.345 e. The summed E-state index contributed by atoms with van der Waals surface area (Å²) in [5.74, 6) is -0.251. The second-order valence-electron chi connectivity index (χ2n) is 6.92. The van der Waals surface area contributed by atoms with Crippen LogP contribution in [0.3, 0.4) is 0 Å². The summed E-state index contributed by atoms with van der Waals surface area (Å²) < 4.78 is 11.0. The van der Waals surface area contributed by atoms with Crippen LogP contribution in [0.4, 0.5) is 0 Å². The van der Waals surface area contributed by atoms with Gasteiger partial charge in [0.25, 0.3) is 0 Å². The van der Waals surface area contributed by atoms with E-state index in [-0.39, 0.29) is 11.3 Å². The lowest BCUT2D eigenvalue weighted by Gasteiger charge is -2.22. The molecule has 1 aromatic carbocycles. The van der Waals surface area contributed by atoms with E-state index in [1.807, 2.05) is 68.6 Å². The minimum atomic E-state index is -0.656. The van der Waals surface area contributed by atoms with Gasteiger partial charge in [0.15, 0.2) is 0 Å². The molecule has 0 aliphatic heterocycles. The molecular formula is C21H20O4S. The number of benzene rings is 1. The summed E-state index contributed by atoms with van der Waals surface area (Å²) in [6, 6.07) is 13.1. The van der Waals surface area contributed by atoms with Crippen LogP contribution in [-0.4, -0.2) is 11.6 Å². The Labute approximate surface area is 156 Å². The van der Waals surface area contributed by atoms with Gasteiger partial charge in [-0.1, -0.05) is 36.4 Å². The SMILES string of the molecule is Cc1oc(=O)c(-c2cccs2)c(-c2ccccc2)c1C(=O)OC(C)(C)C. The van der Waals surface area contributed by atoms with E-state index in [9.17, 15) is 9.59 Å². The molecule has 2 heterocycles. The lowest BCUT2D eigenvalue weighted by Crippen LogP contribution is -2.25. The summed E-state index contributed by atoms with van der Waals surface area (Å²) in [6.45, 7) is 7.04. The fourth-order valence-corrected chi connectivity index (χ4v) is 3.52. The minimum Gasteiger partial charge on any atom is -0.456 e. The van der Waals surface area contributed by atoms with Crippen LogP contribution in [0.15, 0.2) is 57.1 Å². The summed E-state index contributed by atoms with van der Waals surface area (Å²) in [5.41, 5.74) is 0.878. The van der Waals surface area contributed by atoms with E-state index in [1.165, 1.54) is 11.3 Å². The van der Waals surface area contributed by atoms with Gasteiger partial charge in [0.05, 0.1) is 5.56 Å². The van der Waals surface area contributed by atoms with Crippen LogP contribution in [0, 0.1) is 6.92 Å². The Morgan fingerprint density at radius 3 is 2.31 bits per heavy atom. The summed E-state index contributed by atoms with van der Waals surface area (Å²) in [4.78, 5) is 26.4. The Balaban J connectivity index is 2.35. The van der Waals surface area contributed by atoms with Gasteiger partial charge in [-0.25, -0.2) is 9.59 Å². The van der Waals surface area contributed by atoms with Gasteiger partial charge in [0, 0.05) is 10.4 Å². The average molecular weight is 368 g/mol. The third kappa shape index (κ3) is 3.63. The Kier molecular flexibility index (Phi) is 4.83. The van der Waals surface area contributed by atoms with Gasteiger partial charge in [-0.2, -0.15) is 0 Å². The van der Waals surface area contributed by atoms with Crippen molar-refractivity contribution < 1.29 is 13.9 Å². The first-order valence-electron chi connectivity index (χ1n) is 8.28. The zero-order valence-corrected chi connectivity index (χ0v) is 16.0. The molecule has 0 saturated heterocycles. The molecule has 0 radical (unpaired) electrons. The van der Waals surface area contributed by atoms with Crippen LogP contribution in [0.25, 0.3) is 21.6 Å². The van der Waals surface area contributed by atoms with Crippen molar-refractivity contribution in [3.63, 3.8) is 0 Å². The highest BCUT2D eigenvalue weighted by atomic mass is 32.1. The first kappa shape index (κ1) is 18.1. The van der Waals surface area contributed by atoms with Crippen molar-refractivity contribution in [1.82, 2.24) is 0 Å². The quantitative estimate of drug-likeness (QED) is 0.589. The molecule has 3 rings (SSSR count). The number of rotatable bonds is 3. The Bertz CT molecular complexity index is 977. The topological polar surface area (TPSA) is 56.5 Å². The molecule has 0 atom stereocenters. The van der Waals surface area contributed by atoms with Crippen LogP contribution in [0.1, 0.15) is 36.9 Å². The molecule has 0 aliphatic rings. The molecule has 134 valence electrons. The summed E-state index contributed by atoms with van der Waals surface area (Å²) in [5, 5.41) is 1.89. The van der Waals surface area contributed by atoms with Crippen LogP contribution >= 0.6 is 11.3 Å². The molecule has 0 amide bonds. The summed E-state index contributed by atoms with van der Waals surface area (Å²) >= 11 is 1.43. The fourth-order valence-electron chi connectivity index (χ4n) is 2.76. The second kappa shape index (κ2) is 6.92. The van der Waals surface area contributed by atoms with E-state index < -0.39 is 17.2 Å². The van der Waals surface area contributed by atoms with E-state index >= 15 is 0 Å². The van der Waals surface area contributed by atoms with Crippen molar-refractivity contribution in [2.45, 2.75) is 33.3 Å². The molecule has 0 bridgehead atoms. The number of thiophene rings is 1. The van der Waals surface area contributed by atoms with Gasteiger partial charge in [0.1, 0.15) is 16.9 Å². The van der Waals surface area contributed by atoms with Crippen molar-refractivity contribution in [2.24, 2.45) is 0 Å². The Hall–Kier alpha value is -2.66. The maximum atomic E-state index is 12.9. The highest BCUT2D eigenvalue weighted by molar-refractivity contribution is 7.13. The van der Waals surface area contributed by atoms with E-state index in [4.69, 9.17) is 9.15 Å². The van der Waals surface area contributed by atoms with Gasteiger partial charge in [-0.3, -0.25) is 0 Å². The van der Waals surface area contributed by atoms with E-state index in [2.05, 4.69) is 0 Å². The standard InChI is InChI=1S/C21H20O4S/c1-13-16(20(23)25-21(2,3)4)17(14-9-6-5-7-10-14)18(19(22)24-13)15-11-8-12-26-15/h5-12H,1-4H3. The van der Waals surface area contributed by atoms with Crippen LogP contribution in [-0.2, 0) is 4.74 Å². The third-order valence-corrected chi connectivity index (χ3v) is 4.62. The lowest BCUT2D eigenvalue weighted by molar-refractivity contribution is 0.00666. The van der Waals surface area contributed by atoms with E-state index in [0.717, 1.165) is 10.4 Å². The van der Waals surface area contributed by atoms with Gasteiger partial charge in [-0.05, 0) is 44.7 Å². The van der Waals surface area contributed by atoms with Crippen LogP contribution < -0.4 is 5.63 Å². The normalized spacial score (nSPS) is 11.4. The van der Waals surface area contributed by atoms with Crippen molar-refractivity contribution in [1.29, 1.82) is 0 Å². The van der Waals surface area contributed by atoms with Gasteiger partial charge >= 0.3 is 11.6 Å². The van der Waals surface area contributed by atoms with Gasteiger partial charge in [-0.15, -0.1) is 11.3 Å². The van der Waals surface area contributed by atoms with E-state index in [0.29, 0.717) is 11.1 Å². The fraction of sp³-hybridized carbons (Fsp3) is 0.238. The first-order valence-corrected chi connectivity index (χ1v) is 9.16. The predicted molar refractivity (Wildman–Crippen MR) is 104 cm³/mol. The highest BCUT2D eigenvalue weighted by Crippen LogP contribution is 2.36. The van der Waals surface area contributed by atoms with Crippen molar-refractivity contribution in [3.05, 3.63) is 69.6 Å². The van der Waals surface area contributed by atoms with Crippen molar-refractivity contribution in [2.75, 3.05) is 0 Å². The molecule has 4 nitrogen and oxygen atoms in total. The zero-order chi connectivity index (χ0) is 18.9. The minimum absolute atomic E-state index is 0.253. The van der Waals surface area contributed by atoms with Gasteiger partial charge in [0.2, 0.25) is 0 Å². The molecule has 26 heavy (non-hydrogen) atoms. The summed E-state index contributed by atoms with van der Waals surface area (Å²) in [6.07, 6.45) is 0. The van der Waals surface area contributed by atoms with Gasteiger partial charge < -0.3 is 9.15 Å². The summed E-state index contributed by atoms with van der Waals surface area (Å²) in [7, 11) is 0. The molecule has 0 spiro atoms. The number of hydrogen-bond acceptors (Lipinski definition) is 5. The largest absolute Gasteiger partial charge is 0.456 e. The van der Waals surface area contributed by atoms with E-state index in [1.54, 1.807) is 6.92 Å². The number of esters is 1. The third-order valence-electron chi connectivity index (χ3n) is 3.74. The molecule has 5 heteroatoms. The monoisotopic (exact) mass is 368 g/mol. The lowest BCUT2D eigenvalue weighted by atomic mass is 9.94. The highest BCUT2D eigenvalue weighted by Gasteiger charge is 2.28. The Morgan fingerprint density at radius 1 is 1.04 bits per heavy atom. The number of carbonyl (C=O) groups is 1. The van der Waals surface area contributed by atoms with Crippen LogP contribution in [0.2, 0.25) is 0 Å². The number of carbonyl (C=O) groups excluding carboxylic acids is 1. The smallest absolute Gasteiger partial charge is 0.345 e. The molecule has 2 aromatic heterocycles. The molecule has 0 unspecified atom stereocenters. The molecular weight excluding hydrogens is 348 g/mol. The zero-order valence-electron chi connectivity index (χ0n) is 15.2. The molecule has 0 saturated carbocycles. The molecule has 3 aromatic rings.